The molecule has 4 nitrogen and oxygen atoms in total. The number of aryl methyl sites for hydroxylation is 1. The van der Waals surface area contributed by atoms with E-state index in [-0.39, 0.29) is 11.1 Å². The molecule has 20 heavy (non-hydrogen) atoms. The molecule has 0 aliphatic rings. The molecule has 0 aliphatic carbocycles. The predicted octanol–water partition coefficient (Wildman–Crippen LogP) is 3.73. The Morgan fingerprint density at radius 2 is 1.95 bits per heavy atom. The standard InChI is InChI=1S/C15H16ClN3O/c1-3-17-14-9-11(8-13(16)19-14)15(20)18-12-6-4-10(2)5-7-12/h4-9H,3H2,1-2H3,(H,17,19)(H,18,20). The van der Waals surface area contributed by atoms with Crippen LogP contribution in [0.1, 0.15) is 22.8 Å². The highest BCUT2D eigenvalue weighted by Gasteiger charge is 2.09. The summed E-state index contributed by atoms with van der Waals surface area (Å²) in [7, 11) is 0. The second kappa shape index (κ2) is 6.39. The maximum atomic E-state index is 12.2. The first-order valence-corrected chi connectivity index (χ1v) is 6.76. The number of aromatic nitrogens is 1. The predicted molar refractivity (Wildman–Crippen MR) is 82.5 cm³/mol. The fourth-order valence-corrected chi connectivity index (χ4v) is 1.95. The van der Waals surface area contributed by atoms with Crippen molar-refractivity contribution < 1.29 is 4.79 Å². The van der Waals surface area contributed by atoms with Crippen LogP contribution in [0.4, 0.5) is 11.5 Å². The van der Waals surface area contributed by atoms with Crippen LogP contribution in [0.5, 0.6) is 0 Å². The molecule has 0 atom stereocenters. The molecule has 0 saturated carbocycles. The Hall–Kier alpha value is -2.07. The van der Waals surface area contributed by atoms with Gasteiger partial charge in [-0.2, -0.15) is 0 Å². The summed E-state index contributed by atoms with van der Waals surface area (Å²) in [4.78, 5) is 16.3. The van der Waals surface area contributed by atoms with E-state index >= 15 is 0 Å². The quantitative estimate of drug-likeness (QED) is 0.843. The van der Waals surface area contributed by atoms with E-state index < -0.39 is 0 Å². The number of anilines is 2. The molecular weight excluding hydrogens is 274 g/mol. The average molecular weight is 290 g/mol. The molecule has 0 saturated heterocycles. The molecule has 2 aromatic rings. The summed E-state index contributed by atoms with van der Waals surface area (Å²) in [6.45, 7) is 4.66. The molecule has 0 bridgehead atoms. The number of amides is 1. The molecule has 5 heteroatoms. The van der Waals surface area contributed by atoms with Crippen LogP contribution in [0.15, 0.2) is 36.4 Å². The van der Waals surface area contributed by atoms with Crippen LogP contribution < -0.4 is 10.6 Å². The zero-order chi connectivity index (χ0) is 14.5. The van der Waals surface area contributed by atoms with Gasteiger partial charge < -0.3 is 10.6 Å². The fourth-order valence-electron chi connectivity index (χ4n) is 1.74. The molecule has 0 unspecified atom stereocenters. The fraction of sp³-hybridized carbons (Fsp3) is 0.200. The van der Waals surface area contributed by atoms with Crippen LogP contribution in [0, 0.1) is 6.92 Å². The molecule has 0 fully saturated rings. The number of hydrogen-bond donors (Lipinski definition) is 2. The van der Waals surface area contributed by atoms with Crippen LogP contribution in [-0.4, -0.2) is 17.4 Å². The molecule has 0 aliphatic heterocycles. The molecule has 1 aromatic heterocycles. The number of nitrogens with one attached hydrogen (secondary N) is 2. The lowest BCUT2D eigenvalue weighted by molar-refractivity contribution is 0.102. The van der Waals surface area contributed by atoms with Crippen molar-refractivity contribution in [2.45, 2.75) is 13.8 Å². The highest BCUT2D eigenvalue weighted by atomic mass is 35.5. The number of benzene rings is 1. The Labute approximate surface area is 123 Å². The first-order chi connectivity index (χ1) is 9.58. The molecule has 1 aromatic carbocycles. The summed E-state index contributed by atoms with van der Waals surface area (Å²) < 4.78 is 0. The Morgan fingerprint density at radius 1 is 1.25 bits per heavy atom. The van der Waals surface area contributed by atoms with E-state index in [1.165, 1.54) is 0 Å². The lowest BCUT2D eigenvalue weighted by atomic mass is 10.2. The summed E-state index contributed by atoms with van der Waals surface area (Å²) in [5.41, 5.74) is 2.37. The van der Waals surface area contributed by atoms with Gasteiger partial charge in [0.2, 0.25) is 0 Å². The summed E-state index contributed by atoms with van der Waals surface area (Å²) in [5.74, 6) is 0.381. The number of carbonyl (C=O) groups excluding carboxylic acids is 1. The molecule has 2 rings (SSSR count). The van der Waals surface area contributed by atoms with Crippen molar-refractivity contribution in [3.05, 3.63) is 52.7 Å². The third-order valence-corrected chi connectivity index (χ3v) is 2.92. The lowest BCUT2D eigenvalue weighted by Crippen LogP contribution is -2.13. The van der Waals surface area contributed by atoms with Crippen LogP contribution >= 0.6 is 11.6 Å². The number of hydrogen-bond acceptors (Lipinski definition) is 3. The van der Waals surface area contributed by atoms with E-state index in [0.29, 0.717) is 17.9 Å². The average Bonchev–Trinajstić information content (AvgIpc) is 2.41. The van der Waals surface area contributed by atoms with Gasteiger partial charge in [0.1, 0.15) is 11.0 Å². The highest BCUT2D eigenvalue weighted by Crippen LogP contribution is 2.16. The Bertz CT molecular complexity index is 611. The maximum Gasteiger partial charge on any atom is 0.255 e. The van der Waals surface area contributed by atoms with Gasteiger partial charge in [0.15, 0.2) is 0 Å². The van der Waals surface area contributed by atoms with Gasteiger partial charge in [-0.05, 0) is 38.1 Å². The first kappa shape index (κ1) is 14.3. The zero-order valence-corrected chi connectivity index (χ0v) is 12.2. The maximum absolute atomic E-state index is 12.2. The molecular formula is C15H16ClN3O. The van der Waals surface area contributed by atoms with Gasteiger partial charge >= 0.3 is 0 Å². The van der Waals surface area contributed by atoms with Gasteiger partial charge in [0, 0.05) is 17.8 Å². The van der Waals surface area contributed by atoms with Crippen molar-refractivity contribution in [3.63, 3.8) is 0 Å². The molecule has 104 valence electrons. The first-order valence-electron chi connectivity index (χ1n) is 6.38. The van der Waals surface area contributed by atoms with E-state index in [2.05, 4.69) is 15.6 Å². The van der Waals surface area contributed by atoms with Crippen molar-refractivity contribution in [1.82, 2.24) is 4.98 Å². The van der Waals surface area contributed by atoms with Gasteiger partial charge in [0.05, 0.1) is 0 Å². The third kappa shape index (κ3) is 3.71. The van der Waals surface area contributed by atoms with Crippen LogP contribution in [-0.2, 0) is 0 Å². The Balaban J connectivity index is 2.18. The van der Waals surface area contributed by atoms with Crippen molar-refractivity contribution in [3.8, 4) is 0 Å². The molecule has 1 amide bonds. The number of rotatable bonds is 4. The van der Waals surface area contributed by atoms with E-state index in [1.807, 2.05) is 38.1 Å². The minimum atomic E-state index is -0.211. The van der Waals surface area contributed by atoms with Gasteiger partial charge in [0.25, 0.3) is 5.91 Å². The van der Waals surface area contributed by atoms with E-state index in [4.69, 9.17) is 11.6 Å². The number of pyridine rings is 1. The number of halogens is 1. The van der Waals surface area contributed by atoms with Crippen LogP contribution in [0.25, 0.3) is 0 Å². The van der Waals surface area contributed by atoms with Crippen molar-refractivity contribution in [2.24, 2.45) is 0 Å². The molecule has 0 spiro atoms. The highest BCUT2D eigenvalue weighted by molar-refractivity contribution is 6.30. The SMILES string of the molecule is CCNc1cc(C(=O)Nc2ccc(C)cc2)cc(Cl)n1. The summed E-state index contributed by atoms with van der Waals surface area (Å²) >= 11 is 5.92. The molecule has 2 N–H and O–H groups in total. The minimum Gasteiger partial charge on any atom is -0.370 e. The molecule has 0 radical (unpaired) electrons. The van der Waals surface area contributed by atoms with Gasteiger partial charge in [-0.3, -0.25) is 4.79 Å². The monoisotopic (exact) mass is 289 g/mol. The second-order valence-corrected chi connectivity index (χ2v) is 4.80. The smallest absolute Gasteiger partial charge is 0.255 e. The number of nitrogens with zero attached hydrogens (tertiary/aromatic N) is 1. The van der Waals surface area contributed by atoms with Crippen molar-refractivity contribution in [2.75, 3.05) is 17.2 Å². The topological polar surface area (TPSA) is 54.0 Å². The van der Waals surface area contributed by atoms with Crippen molar-refractivity contribution >= 4 is 29.0 Å². The summed E-state index contributed by atoms with van der Waals surface area (Å²) in [6, 6.07) is 10.8. The summed E-state index contributed by atoms with van der Waals surface area (Å²) in [6.07, 6.45) is 0. The normalized spacial score (nSPS) is 10.2. The van der Waals surface area contributed by atoms with Gasteiger partial charge in [-0.1, -0.05) is 29.3 Å². The largest absolute Gasteiger partial charge is 0.370 e. The van der Waals surface area contributed by atoms with E-state index in [1.54, 1.807) is 12.1 Å². The van der Waals surface area contributed by atoms with Gasteiger partial charge in [-0.25, -0.2) is 4.98 Å². The van der Waals surface area contributed by atoms with Crippen LogP contribution in [0.3, 0.4) is 0 Å². The zero-order valence-electron chi connectivity index (χ0n) is 11.4. The Morgan fingerprint density at radius 3 is 2.60 bits per heavy atom. The van der Waals surface area contributed by atoms with E-state index in [9.17, 15) is 4.79 Å². The van der Waals surface area contributed by atoms with Gasteiger partial charge in [-0.15, -0.1) is 0 Å². The third-order valence-electron chi connectivity index (χ3n) is 2.72. The lowest BCUT2D eigenvalue weighted by Gasteiger charge is -2.08. The summed E-state index contributed by atoms with van der Waals surface area (Å²) in [5, 5.41) is 6.16. The van der Waals surface area contributed by atoms with E-state index in [0.717, 1.165) is 11.3 Å². The second-order valence-electron chi connectivity index (χ2n) is 4.41. The number of carbonyl (C=O) groups is 1. The van der Waals surface area contributed by atoms with Crippen LogP contribution in [0.2, 0.25) is 5.15 Å². The minimum absolute atomic E-state index is 0.211. The molecule has 1 heterocycles. The van der Waals surface area contributed by atoms with Crippen molar-refractivity contribution in [1.29, 1.82) is 0 Å². The Kier molecular flexibility index (Phi) is 4.58.